The van der Waals surface area contributed by atoms with Crippen LogP contribution in [0.15, 0.2) is 146 Å². The van der Waals surface area contributed by atoms with E-state index in [0.717, 1.165) is 51.9 Å². The highest BCUT2D eigenvalue weighted by Gasteiger charge is 2.20. The molecule has 4 nitrogen and oxygen atoms in total. The molecule has 1 N–H and O–H groups in total. The first-order chi connectivity index (χ1) is 22.3. The zero-order valence-electron chi connectivity index (χ0n) is 24.5. The van der Waals surface area contributed by atoms with Crippen molar-refractivity contribution in [1.29, 1.82) is 0 Å². The van der Waals surface area contributed by atoms with E-state index in [9.17, 15) is 0 Å². The summed E-state index contributed by atoms with van der Waals surface area (Å²) in [5, 5.41) is 9.57. The van der Waals surface area contributed by atoms with Gasteiger partial charge in [-0.05, 0) is 69.1 Å². The Kier molecular flexibility index (Phi) is 5.85. The number of rotatable bonds is 4. The van der Waals surface area contributed by atoms with Crippen molar-refractivity contribution in [3.8, 4) is 39.6 Å². The Morgan fingerprint density at radius 1 is 0.489 bits per heavy atom. The van der Waals surface area contributed by atoms with E-state index in [0.29, 0.717) is 0 Å². The van der Waals surface area contributed by atoms with Crippen molar-refractivity contribution in [1.82, 2.24) is 14.5 Å². The number of aromatic nitrogens is 3. The van der Waals surface area contributed by atoms with E-state index in [1.54, 1.807) is 0 Å². The average molecular weight is 577 g/mol. The van der Waals surface area contributed by atoms with Crippen molar-refractivity contribution >= 4 is 44.2 Å². The standard InChI is InChI=1S/C41H28N4/c1-2-13-27(14-3-1)39-28-15-4-6-17-30(28)40(31-18-7-5-16-29(31)39)35-22-10-20-33(43-35)34-21-11-25-38(44-34)45-36-23-9-8-19-32(36)41-37(45)24-12-26-42-41/h1-25,42H,26H2. The predicted molar refractivity (Wildman–Crippen MR) is 188 cm³/mol. The highest BCUT2D eigenvalue weighted by Crippen LogP contribution is 2.43. The fourth-order valence-corrected chi connectivity index (χ4v) is 6.91. The van der Waals surface area contributed by atoms with Gasteiger partial charge >= 0.3 is 0 Å². The zero-order valence-corrected chi connectivity index (χ0v) is 24.5. The van der Waals surface area contributed by atoms with Crippen LogP contribution in [-0.4, -0.2) is 21.1 Å². The first-order valence-electron chi connectivity index (χ1n) is 15.3. The molecule has 3 aromatic heterocycles. The zero-order chi connectivity index (χ0) is 29.7. The Hall–Kier alpha value is -6.00. The number of fused-ring (bicyclic) bond motifs is 5. The molecule has 8 aromatic rings. The first kappa shape index (κ1) is 25.5. The summed E-state index contributed by atoms with van der Waals surface area (Å²) < 4.78 is 2.24. The fraction of sp³-hybridized carbons (Fsp3) is 0.0244. The Morgan fingerprint density at radius 2 is 1.07 bits per heavy atom. The van der Waals surface area contributed by atoms with Gasteiger partial charge in [-0.25, -0.2) is 9.97 Å². The third kappa shape index (κ3) is 4.07. The summed E-state index contributed by atoms with van der Waals surface area (Å²) in [7, 11) is 0. The Balaban J connectivity index is 1.24. The van der Waals surface area contributed by atoms with Gasteiger partial charge in [0.1, 0.15) is 5.82 Å². The van der Waals surface area contributed by atoms with Crippen molar-refractivity contribution in [3.05, 3.63) is 151 Å². The van der Waals surface area contributed by atoms with E-state index in [1.165, 1.54) is 38.1 Å². The van der Waals surface area contributed by atoms with Gasteiger partial charge in [0.25, 0.3) is 0 Å². The van der Waals surface area contributed by atoms with E-state index >= 15 is 0 Å². The number of nitrogens with one attached hydrogen (secondary N) is 1. The molecular weight excluding hydrogens is 548 g/mol. The minimum absolute atomic E-state index is 0.820. The summed E-state index contributed by atoms with van der Waals surface area (Å²) >= 11 is 0. The molecule has 9 rings (SSSR count). The second-order valence-electron chi connectivity index (χ2n) is 11.4. The van der Waals surface area contributed by atoms with Crippen molar-refractivity contribution in [3.63, 3.8) is 0 Å². The van der Waals surface area contributed by atoms with Gasteiger partial charge in [-0.2, -0.15) is 0 Å². The molecule has 0 radical (unpaired) electrons. The molecule has 1 aliphatic heterocycles. The maximum absolute atomic E-state index is 5.29. The molecule has 0 bridgehead atoms. The third-order valence-corrected chi connectivity index (χ3v) is 8.81. The van der Waals surface area contributed by atoms with Gasteiger partial charge < -0.3 is 5.32 Å². The topological polar surface area (TPSA) is 42.7 Å². The van der Waals surface area contributed by atoms with E-state index in [-0.39, 0.29) is 0 Å². The average Bonchev–Trinajstić information content (AvgIpc) is 3.45. The summed E-state index contributed by atoms with van der Waals surface area (Å²) in [4.78, 5) is 10.5. The molecule has 0 amide bonds. The number of anilines is 1. The van der Waals surface area contributed by atoms with Gasteiger partial charge in [0.05, 0.1) is 34.0 Å². The van der Waals surface area contributed by atoms with Crippen molar-refractivity contribution in [2.24, 2.45) is 0 Å². The molecule has 212 valence electrons. The van der Waals surface area contributed by atoms with Crippen LogP contribution in [0.2, 0.25) is 0 Å². The molecule has 4 heteroatoms. The van der Waals surface area contributed by atoms with Crippen LogP contribution < -0.4 is 5.32 Å². The number of pyridine rings is 2. The van der Waals surface area contributed by atoms with Crippen molar-refractivity contribution in [2.75, 3.05) is 11.9 Å². The van der Waals surface area contributed by atoms with E-state index in [1.807, 2.05) is 0 Å². The highest BCUT2D eigenvalue weighted by atomic mass is 15.1. The second-order valence-corrected chi connectivity index (χ2v) is 11.4. The molecule has 0 aliphatic carbocycles. The fourth-order valence-electron chi connectivity index (χ4n) is 6.91. The minimum atomic E-state index is 0.820. The van der Waals surface area contributed by atoms with Crippen LogP contribution in [0.1, 0.15) is 5.69 Å². The first-order valence-corrected chi connectivity index (χ1v) is 15.3. The van der Waals surface area contributed by atoms with E-state index in [4.69, 9.17) is 9.97 Å². The third-order valence-electron chi connectivity index (χ3n) is 8.81. The summed E-state index contributed by atoms with van der Waals surface area (Å²) in [6.07, 6.45) is 4.35. The van der Waals surface area contributed by atoms with Crippen LogP contribution in [0.5, 0.6) is 0 Å². The monoisotopic (exact) mass is 576 g/mol. The molecule has 0 unspecified atom stereocenters. The Morgan fingerprint density at radius 3 is 1.80 bits per heavy atom. The quantitative estimate of drug-likeness (QED) is 0.212. The molecule has 4 heterocycles. The number of para-hydroxylation sites is 1. The number of hydrogen-bond donors (Lipinski definition) is 1. The van der Waals surface area contributed by atoms with Crippen LogP contribution in [0.25, 0.3) is 78.1 Å². The molecule has 0 fully saturated rings. The number of hydrogen-bond acceptors (Lipinski definition) is 3. The lowest BCUT2D eigenvalue weighted by Gasteiger charge is -2.17. The molecule has 5 aromatic carbocycles. The smallest absolute Gasteiger partial charge is 0.138 e. The number of benzene rings is 5. The van der Waals surface area contributed by atoms with Gasteiger partial charge in [0.15, 0.2) is 0 Å². The molecule has 0 atom stereocenters. The molecule has 0 saturated heterocycles. The van der Waals surface area contributed by atoms with Gasteiger partial charge in [-0.1, -0.05) is 115 Å². The van der Waals surface area contributed by atoms with Crippen LogP contribution in [0.4, 0.5) is 5.69 Å². The molecule has 45 heavy (non-hydrogen) atoms. The molecule has 0 saturated carbocycles. The van der Waals surface area contributed by atoms with Crippen LogP contribution in [0.3, 0.4) is 0 Å². The van der Waals surface area contributed by atoms with Gasteiger partial charge in [-0.3, -0.25) is 4.57 Å². The van der Waals surface area contributed by atoms with Crippen molar-refractivity contribution in [2.45, 2.75) is 0 Å². The second kappa shape index (κ2) is 10.3. The largest absolute Gasteiger partial charge is 0.379 e. The van der Waals surface area contributed by atoms with Crippen LogP contribution in [0, 0.1) is 0 Å². The van der Waals surface area contributed by atoms with Gasteiger partial charge in [0.2, 0.25) is 0 Å². The Labute approximate surface area is 261 Å². The minimum Gasteiger partial charge on any atom is -0.379 e. The molecule has 0 spiro atoms. The van der Waals surface area contributed by atoms with Crippen molar-refractivity contribution < 1.29 is 0 Å². The lowest BCUT2D eigenvalue weighted by molar-refractivity contribution is 1.02. The lowest BCUT2D eigenvalue weighted by Crippen LogP contribution is -2.07. The SMILES string of the molecule is C1=Cc2c(c3ccccc3n2-c2cccc(-c3cccc(-c4c5ccccc5c(-c5ccccc5)c5ccccc45)n3)n2)NC1. The predicted octanol–water partition coefficient (Wildman–Crippen LogP) is 10.2. The Bertz CT molecular complexity index is 2380. The van der Waals surface area contributed by atoms with Crippen LogP contribution >= 0.6 is 0 Å². The molecular formula is C41H28N4. The van der Waals surface area contributed by atoms with Gasteiger partial charge in [0, 0.05) is 17.5 Å². The summed E-state index contributed by atoms with van der Waals surface area (Å²) in [5.74, 6) is 0.869. The van der Waals surface area contributed by atoms with Crippen LogP contribution in [-0.2, 0) is 0 Å². The molecule has 1 aliphatic rings. The summed E-state index contributed by atoms with van der Waals surface area (Å²) in [5.41, 5.74) is 9.61. The highest BCUT2D eigenvalue weighted by molar-refractivity contribution is 6.21. The number of nitrogens with zero attached hydrogens (tertiary/aromatic N) is 3. The summed E-state index contributed by atoms with van der Waals surface area (Å²) in [6, 6.07) is 49.1. The lowest BCUT2D eigenvalue weighted by atomic mass is 9.87. The maximum atomic E-state index is 5.29. The summed E-state index contributed by atoms with van der Waals surface area (Å²) in [6.45, 7) is 0.820. The van der Waals surface area contributed by atoms with E-state index < -0.39 is 0 Å². The van der Waals surface area contributed by atoms with E-state index in [2.05, 4.69) is 162 Å². The van der Waals surface area contributed by atoms with Gasteiger partial charge in [-0.15, -0.1) is 0 Å². The normalized spacial score (nSPS) is 12.4. The maximum Gasteiger partial charge on any atom is 0.138 e.